The third-order valence-electron chi connectivity index (χ3n) is 3.45. The Morgan fingerprint density at radius 2 is 1.60 bits per heavy atom. The van der Waals surface area contributed by atoms with Gasteiger partial charge in [-0.25, -0.2) is 23.7 Å². The summed E-state index contributed by atoms with van der Waals surface area (Å²) in [5, 5.41) is 0. The number of aromatic nitrogens is 3. The highest BCUT2D eigenvalue weighted by Gasteiger charge is 2.21. The number of benzene rings is 1. The number of ketones is 2. The minimum Gasteiger partial charge on any atom is -0.285 e. The molecule has 5 nitrogen and oxygen atoms in total. The molecule has 0 aliphatic carbocycles. The van der Waals surface area contributed by atoms with Gasteiger partial charge in [-0.05, 0) is 23.8 Å². The second-order valence-corrected chi connectivity index (χ2v) is 5.11. The van der Waals surface area contributed by atoms with Gasteiger partial charge in [0.05, 0.1) is 0 Å². The van der Waals surface area contributed by atoms with Crippen LogP contribution in [-0.4, -0.2) is 26.5 Å². The normalized spacial score (nSPS) is 10.7. The lowest BCUT2D eigenvalue weighted by Gasteiger charge is -2.05. The van der Waals surface area contributed by atoms with E-state index in [1.54, 1.807) is 24.5 Å². The molecule has 0 N–H and O–H groups in total. The molecule has 3 aromatic rings. The molecule has 0 radical (unpaired) electrons. The van der Waals surface area contributed by atoms with E-state index in [1.807, 2.05) is 0 Å². The SMILES string of the molecule is O=C(C(=O)c1cccc(C(F)F)n1)c1cccc(-c2cncnc2)c1. The van der Waals surface area contributed by atoms with E-state index in [0.717, 1.165) is 6.07 Å². The van der Waals surface area contributed by atoms with E-state index < -0.39 is 23.7 Å². The van der Waals surface area contributed by atoms with Crippen LogP contribution in [0.3, 0.4) is 0 Å². The molecule has 0 spiro atoms. The molecule has 2 aromatic heterocycles. The Hall–Kier alpha value is -3.35. The average Bonchev–Trinajstić information content (AvgIpc) is 2.67. The van der Waals surface area contributed by atoms with Crippen LogP contribution in [0.5, 0.6) is 0 Å². The maximum atomic E-state index is 12.7. The van der Waals surface area contributed by atoms with Crippen LogP contribution in [-0.2, 0) is 0 Å². The van der Waals surface area contributed by atoms with Crippen LogP contribution < -0.4 is 0 Å². The summed E-state index contributed by atoms with van der Waals surface area (Å²) < 4.78 is 25.4. The van der Waals surface area contributed by atoms with Crippen LogP contribution in [0.15, 0.2) is 61.2 Å². The molecule has 0 bridgehead atoms. The largest absolute Gasteiger partial charge is 0.285 e. The molecular weight excluding hydrogens is 328 g/mol. The number of carbonyl (C=O) groups excluding carboxylic acids is 2. The highest BCUT2D eigenvalue weighted by Crippen LogP contribution is 2.20. The lowest BCUT2D eigenvalue weighted by Crippen LogP contribution is -2.16. The van der Waals surface area contributed by atoms with E-state index in [9.17, 15) is 18.4 Å². The third kappa shape index (κ3) is 3.60. The van der Waals surface area contributed by atoms with Gasteiger partial charge in [-0.2, -0.15) is 0 Å². The van der Waals surface area contributed by atoms with Crippen molar-refractivity contribution < 1.29 is 18.4 Å². The first-order valence-electron chi connectivity index (χ1n) is 7.26. The molecule has 0 fully saturated rings. The molecule has 1 aromatic carbocycles. The zero-order chi connectivity index (χ0) is 17.8. The molecule has 0 unspecified atom stereocenters. The van der Waals surface area contributed by atoms with Crippen LogP contribution in [0.1, 0.15) is 33.0 Å². The number of halogens is 2. The lowest BCUT2D eigenvalue weighted by molar-refractivity contribution is 0.0812. The van der Waals surface area contributed by atoms with Crippen molar-refractivity contribution in [3.8, 4) is 11.1 Å². The lowest BCUT2D eigenvalue weighted by atomic mass is 10.0. The van der Waals surface area contributed by atoms with Crippen molar-refractivity contribution in [3.05, 3.63) is 78.1 Å². The van der Waals surface area contributed by atoms with Gasteiger partial charge in [0.25, 0.3) is 12.2 Å². The van der Waals surface area contributed by atoms with Gasteiger partial charge in [0.2, 0.25) is 5.78 Å². The van der Waals surface area contributed by atoms with Crippen LogP contribution in [0.25, 0.3) is 11.1 Å². The molecule has 0 aliphatic rings. The third-order valence-corrected chi connectivity index (χ3v) is 3.45. The van der Waals surface area contributed by atoms with Crippen molar-refractivity contribution in [1.82, 2.24) is 15.0 Å². The fourth-order valence-corrected chi connectivity index (χ4v) is 2.24. The van der Waals surface area contributed by atoms with Crippen molar-refractivity contribution in [3.63, 3.8) is 0 Å². The number of Topliss-reactive ketones (excluding diaryl/α,β-unsaturated/α-hetero) is 2. The van der Waals surface area contributed by atoms with Crippen LogP contribution >= 0.6 is 0 Å². The molecule has 3 rings (SSSR count). The first kappa shape index (κ1) is 16.5. The predicted molar refractivity (Wildman–Crippen MR) is 85.3 cm³/mol. The fraction of sp³-hybridized carbons (Fsp3) is 0.0556. The van der Waals surface area contributed by atoms with E-state index in [1.165, 1.54) is 30.6 Å². The van der Waals surface area contributed by atoms with Crippen molar-refractivity contribution in [1.29, 1.82) is 0 Å². The van der Waals surface area contributed by atoms with E-state index in [0.29, 0.717) is 11.1 Å². The monoisotopic (exact) mass is 339 g/mol. The summed E-state index contributed by atoms with van der Waals surface area (Å²) in [6.07, 6.45) is 1.71. The highest BCUT2D eigenvalue weighted by atomic mass is 19.3. The highest BCUT2D eigenvalue weighted by molar-refractivity contribution is 6.48. The molecule has 124 valence electrons. The molecule has 0 aliphatic heterocycles. The summed E-state index contributed by atoms with van der Waals surface area (Å²) >= 11 is 0. The van der Waals surface area contributed by atoms with Gasteiger partial charge in [-0.3, -0.25) is 9.59 Å². The van der Waals surface area contributed by atoms with Crippen molar-refractivity contribution in [2.24, 2.45) is 0 Å². The minimum absolute atomic E-state index is 0.135. The van der Waals surface area contributed by atoms with Gasteiger partial charge >= 0.3 is 0 Å². The van der Waals surface area contributed by atoms with Gasteiger partial charge < -0.3 is 0 Å². The molecule has 25 heavy (non-hydrogen) atoms. The van der Waals surface area contributed by atoms with E-state index in [2.05, 4.69) is 15.0 Å². The number of nitrogens with zero attached hydrogens (tertiary/aromatic N) is 3. The van der Waals surface area contributed by atoms with Gasteiger partial charge in [-0.15, -0.1) is 0 Å². The number of hydrogen-bond acceptors (Lipinski definition) is 5. The van der Waals surface area contributed by atoms with Crippen LogP contribution in [0.4, 0.5) is 8.78 Å². The molecular formula is C18H11F2N3O2. The fourth-order valence-electron chi connectivity index (χ4n) is 2.24. The summed E-state index contributed by atoms with van der Waals surface area (Å²) in [7, 11) is 0. The van der Waals surface area contributed by atoms with E-state index >= 15 is 0 Å². The number of hydrogen-bond donors (Lipinski definition) is 0. The first-order valence-corrected chi connectivity index (χ1v) is 7.26. The molecule has 2 heterocycles. The van der Waals surface area contributed by atoms with Crippen LogP contribution in [0.2, 0.25) is 0 Å². The Morgan fingerprint density at radius 1 is 0.880 bits per heavy atom. The second kappa shape index (κ2) is 7.04. The van der Waals surface area contributed by atoms with Crippen LogP contribution in [0, 0.1) is 0 Å². The number of rotatable bonds is 5. The average molecular weight is 339 g/mol. The zero-order valence-electron chi connectivity index (χ0n) is 12.8. The van der Waals surface area contributed by atoms with E-state index in [4.69, 9.17) is 0 Å². The summed E-state index contributed by atoms with van der Waals surface area (Å²) in [6, 6.07) is 9.97. The molecule has 0 saturated carbocycles. The maximum Gasteiger partial charge on any atom is 0.280 e. The Morgan fingerprint density at radius 3 is 2.32 bits per heavy atom. The molecule has 0 saturated heterocycles. The van der Waals surface area contributed by atoms with E-state index in [-0.39, 0.29) is 11.3 Å². The summed E-state index contributed by atoms with van der Waals surface area (Å²) in [5.74, 6) is -1.76. The quantitative estimate of drug-likeness (QED) is 0.525. The van der Waals surface area contributed by atoms with Gasteiger partial charge in [0.1, 0.15) is 17.7 Å². The van der Waals surface area contributed by atoms with Crippen molar-refractivity contribution >= 4 is 11.6 Å². The minimum atomic E-state index is -2.82. The summed E-state index contributed by atoms with van der Waals surface area (Å²) in [5.41, 5.74) is 0.622. The van der Waals surface area contributed by atoms with Gasteiger partial charge in [0, 0.05) is 23.5 Å². The number of pyridine rings is 1. The molecule has 0 amide bonds. The smallest absolute Gasteiger partial charge is 0.280 e. The number of alkyl halides is 2. The standard InChI is InChI=1S/C18H11F2N3O2/c19-18(20)15-6-2-5-14(23-15)17(25)16(24)12-4-1-3-11(7-12)13-8-21-10-22-9-13/h1-10,18H. The van der Waals surface area contributed by atoms with Gasteiger partial charge in [-0.1, -0.05) is 24.3 Å². The summed E-state index contributed by atoms with van der Waals surface area (Å²) in [4.78, 5) is 36.0. The molecule has 0 atom stereocenters. The maximum absolute atomic E-state index is 12.7. The topological polar surface area (TPSA) is 72.8 Å². The Balaban J connectivity index is 1.91. The first-order chi connectivity index (χ1) is 12.1. The predicted octanol–water partition coefficient (Wildman–Crippen LogP) is 3.54. The Bertz CT molecular complexity index is 930. The van der Waals surface area contributed by atoms with Crippen molar-refractivity contribution in [2.45, 2.75) is 6.43 Å². The zero-order valence-corrected chi connectivity index (χ0v) is 12.8. The second-order valence-electron chi connectivity index (χ2n) is 5.11. The Labute approximate surface area is 141 Å². The Kier molecular flexibility index (Phi) is 4.65. The van der Waals surface area contributed by atoms with Gasteiger partial charge in [0.15, 0.2) is 0 Å². The molecule has 7 heteroatoms. The number of carbonyl (C=O) groups is 2. The van der Waals surface area contributed by atoms with Crippen molar-refractivity contribution in [2.75, 3.05) is 0 Å². The summed E-state index contributed by atoms with van der Waals surface area (Å²) in [6.45, 7) is 0.